The van der Waals surface area contributed by atoms with Crippen molar-refractivity contribution in [1.82, 2.24) is 0 Å². The van der Waals surface area contributed by atoms with Crippen LogP contribution >= 0.6 is 0 Å². The minimum atomic E-state index is 0.207. The second kappa shape index (κ2) is 3.91. The van der Waals surface area contributed by atoms with Gasteiger partial charge in [0.2, 0.25) is 0 Å². The maximum Gasteiger partial charge on any atom is 0.0303 e. The summed E-state index contributed by atoms with van der Waals surface area (Å²) in [6.07, 6.45) is 3.89. The van der Waals surface area contributed by atoms with E-state index in [1.807, 2.05) is 0 Å². The third kappa shape index (κ3) is 1.83. The Balaban J connectivity index is 2.00. The van der Waals surface area contributed by atoms with E-state index in [2.05, 4.69) is 42.5 Å². The summed E-state index contributed by atoms with van der Waals surface area (Å²) >= 11 is 0. The number of hydrogen-bond acceptors (Lipinski definition) is 1. The molecule has 0 saturated heterocycles. The predicted octanol–water partition coefficient (Wildman–Crippen LogP) is 3.64. The Morgan fingerprint density at radius 3 is 2.62 bits per heavy atom. The first-order valence-electron chi connectivity index (χ1n) is 6.08. The molecule has 0 heterocycles. The van der Waals surface area contributed by atoms with Crippen LogP contribution in [0.5, 0.6) is 0 Å². The molecule has 0 amide bonds. The highest BCUT2D eigenvalue weighted by Gasteiger charge is 2.24. The monoisotopic (exact) mass is 211 g/mol. The summed E-state index contributed by atoms with van der Waals surface area (Å²) in [7, 11) is 0. The van der Waals surface area contributed by atoms with Gasteiger partial charge in [-0.1, -0.05) is 55.3 Å². The number of hydrogen-bond donors (Lipinski definition) is 1. The molecule has 1 heteroatoms. The lowest BCUT2D eigenvalue weighted by molar-refractivity contribution is 0.600. The summed E-state index contributed by atoms with van der Waals surface area (Å²) in [5.41, 5.74) is 7.61. The van der Waals surface area contributed by atoms with Gasteiger partial charge in [0.15, 0.2) is 0 Å². The van der Waals surface area contributed by atoms with Gasteiger partial charge >= 0.3 is 0 Å². The molecule has 0 aliphatic heterocycles. The second-order valence-electron chi connectivity index (χ2n) is 4.85. The molecule has 1 aliphatic rings. The van der Waals surface area contributed by atoms with Crippen LogP contribution in [0.2, 0.25) is 0 Å². The number of rotatable bonds is 3. The Hall–Kier alpha value is -1.34. The fourth-order valence-electron chi connectivity index (χ4n) is 2.41. The smallest absolute Gasteiger partial charge is 0.0303 e. The maximum atomic E-state index is 6.30. The van der Waals surface area contributed by atoms with Gasteiger partial charge in [0.05, 0.1) is 0 Å². The van der Waals surface area contributed by atoms with Crippen molar-refractivity contribution in [2.24, 2.45) is 11.7 Å². The van der Waals surface area contributed by atoms with Crippen molar-refractivity contribution >= 4 is 10.8 Å². The SMILES string of the molecule is NC(CC1CC1)c1cccc2ccccc12. The molecule has 2 N–H and O–H groups in total. The van der Waals surface area contributed by atoms with Crippen LogP contribution in [0.3, 0.4) is 0 Å². The highest BCUT2D eigenvalue weighted by atomic mass is 14.6. The Morgan fingerprint density at radius 1 is 1.06 bits per heavy atom. The van der Waals surface area contributed by atoms with Gasteiger partial charge in [-0.3, -0.25) is 0 Å². The van der Waals surface area contributed by atoms with Crippen molar-refractivity contribution in [3.8, 4) is 0 Å². The molecule has 1 aliphatic carbocycles. The van der Waals surface area contributed by atoms with Crippen LogP contribution in [0.1, 0.15) is 30.9 Å². The van der Waals surface area contributed by atoms with E-state index in [0.717, 1.165) is 12.3 Å². The molecule has 82 valence electrons. The quantitative estimate of drug-likeness (QED) is 0.824. The largest absolute Gasteiger partial charge is 0.324 e. The highest BCUT2D eigenvalue weighted by Crippen LogP contribution is 2.37. The van der Waals surface area contributed by atoms with E-state index in [4.69, 9.17) is 5.73 Å². The lowest BCUT2D eigenvalue weighted by atomic mass is 9.96. The summed E-state index contributed by atoms with van der Waals surface area (Å²) in [5.74, 6) is 0.883. The minimum Gasteiger partial charge on any atom is -0.324 e. The lowest BCUT2D eigenvalue weighted by Gasteiger charge is -2.14. The van der Waals surface area contributed by atoms with Crippen LogP contribution in [0, 0.1) is 5.92 Å². The number of fused-ring (bicyclic) bond motifs is 1. The van der Waals surface area contributed by atoms with Crippen molar-refractivity contribution in [2.75, 3.05) is 0 Å². The van der Waals surface area contributed by atoms with E-state index in [9.17, 15) is 0 Å². The first-order valence-corrected chi connectivity index (χ1v) is 6.08. The average molecular weight is 211 g/mol. The molecule has 1 atom stereocenters. The first-order chi connectivity index (χ1) is 7.84. The van der Waals surface area contributed by atoms with E-state index in [1.54, 1.807) is 0 Å². The molecule has 3 rings (SSSR count). The van der Waals surface area contributed by atoms with Crippen LogP contribution in [0.4, 0.5) is 0 Å². The third-order valence-electron chi connectivity index (χ3n) is 3.51. The van der Waals surface area contributed by atoms with Crippen LogP contribution in [0.15, 0.2) is 42.5 Å². The zero-order chi connectivity index (χ0) is 11.0. The van der Waals surface area contributed by atoms with Crippen molar-refractivity contribution in [3.05, 3.63) is 48.0 Å². The summed E-state index contributed by atoms with van der Waals surface area (Å²) in [4.78, 5) is 0. The van der Waals surface area contributed by atoms with E-state index in [1.165, 1.54) is 29.2 Å². The Morgan fingerprint density at radius 2 is 1.81 bits per heavy atom. The van der Waals surface area contributed by atoms with Gasteiger partial charge in [-0.2, -0.15) is 0 Å². The van der Waals surface area contributed by atoms with Gasteiger partial charge in [0.1, 0.15) is 0 Å². The molecule has 0 aromatic heterocycles. The normalized spacial score (nSPS) is 17.6. The Labute approximate surface area is 96.3 Å². The zero-order valence-corrected chi connectivity index (χ0v) is 9.39. The number of nitrogens with two attached hydrogens (primary N) is 1. The fraction of sp³-hybridized carbons (Fsp3) is 0.333. The Bertz CT molecular complexity index is 494. The van der Waals surface area contributed by atoms with E-state index >= 15 is 0 Å². The molecule has 2 aromatic carbocycles. The zero-order valence-electron chi connectivity index (χ0n) is 9.39. The first kappa shape index (κ1) is 9.86. The van der Waals surface area contributed by atoms with Gasteiger partial charge in [-0.25, -0.2) is 0 Å². The molecule has 16 heavy (non-hydrogen) atoms. The molecule has 1 saturated carbocycles. The number of benzene rings is 2. The predicted molar refractivity (Wildman–Crippen MR) is 68.2 cm³/mol. The topological polar surface area (TPSA) is 26.0 Å². The summed E-state index contributed by atoms with van der Waals surface area (Å²) in [6.45, 7) is 0. The van der Waals surface area contributed by atoms with E-state index < -0.39 is 0 Å². The molecule has 0 spiro atoms. The fourth-order valence-corrected chi connectivity index (χ4v) is 2.41. The minimum absolute atomic E-state index is 0.207. The van der Waals surface area contributed by atoms with Crippen LogP contribution in [0.25, 0.3) is 10.8 Å². The van der Waals surface area contributed by atoms with Crippen molar-refractivity contribution in [1.29, 1.82) is 0 Å². The van der Waals surface area contributed by atoms with Crippen LogP contribution < -0.4 is 5.73 Å². The molecule has 1 fully saturated rings. The van der Waals surface area contributed by atoms with Gasteiger partial charge in [-0.15, -0.1) is 0 Å². The van der Waals surface area contributed by atoms with Gasteiger partial charge < -0.3 is 5.73 Å². The van der Waals surface area contributed by atoms with E-state index in [-0.39, 0.29) is 6.04 Å². The highest BCUT2D eigenvalue weighted by molar-refractivity contribution is 5.86. The molecule has 1 nitrogen and oxygen atoms in total. The van der Waals surface area contributed by atoms with Gasteiger partial charge in [0, 0.05) is 6.04 Å². The molecule has 1 unspecified atom stereocenters. The third-order valence-corrected chi connectivity index (χ3v) is 3.51. The van der Waals surface area contributed by atoms with Crippen molar-refractivity contribution in [3.63, 3.8) is 0 Å². The molecule has 0 bridgehead atoms. The summed E-state index contributed by atoms with van der Waals surface area (Å²) < 4.78 is 0. The van der Waals surface area contributed by atoms with Crippen molar-refractivity contribution in [2.45, 2.75) is 25.3 Å². The molecular formula is C15H17N. The van der Waals surface area contributed by atoms with Crippen LogP contribution in [-0.4, -0.2) is 0 Å². The molecular weight excluding hydrogens is 194 g/mol. The van der Waals surface area contributed by atoms with E-state index in [0.29, 0.717) is 0 Å². The van der Waals surface area contributed by atoms with Crippen molar-refractivity contribution < 1.29 is 0 Å². The van der Waals surface area contributed by atoms with Gasteiger partial charge in [0.25, 0.3) is 0 Å². The average Bonchev–Trinajstić information content (AvgIpc) is 3.12. The standard InChI is InChI=1S/C15H17N/c16-15(10-11-8-9-11)14-7-3-5-12-4-1-2-6-13(12)14/h1-7,11,15H,8-10,16H2. The Kier molecular flexibility index (Phi) is 2.41. The maximum absolute atomic E-state index is 6.30. The van der Waals surface area contributed by atoms with Crippen LogP contribution in [-0.2, 0) is 0 Å². The molecule has 2 aromatic rings. The summed E-state index contributed by atoms with van der Waals surface area (Å²) in [5, 5.41) is 2.62. The second-order valence-corrected chi connectivity index (χ2v) is 4.85. The summed E-state index contributed by atoms with van der Waals surface area (Å²) in [6, 6.07) is 15.2. The van der Waals surface area contributed by atoms with Gasteiger partial charge in [-0.05, 0) is 28.7 Å². The lowest BCUT2D eigenvalue weighted by Crippen LogP contribution is -2.11. The molecule has 0 radical (unpaired) electrons.